The average molecular weight is 317 g/mol. The molecule has 1 saturated heterocycles. The fourth-order valence-corrected chi connectivity index (χ4v) is 4.49. The van der Waals surface area contributed by atoms with Crippen LogP contribution in [0.1, 0.15) is 12.8 Å². The predicted octanol–water partition coefficient (Wildman–Crippen LogP) is 1.84. The molecule has 3 fully saturated rings. The van der Waals surface area contributed by atoms with Crippen LogP contribution in [0.5, 0.6) is 11.5 Å². The molecule has 2 saturated carbocycles. The number of anilines is 1. The van der Waals surface area contributed by atoms with Crippen LogP contribution in [0.4, 0.5) is 5.69 Å². The molecule has 0 radical (unpaired) electrons. The highest BCUT2D eigenvalue weighted by atomic mass is 16.6. The summed E-state index contributed by atoms with van der Waals surface area (Å²) in [6, 6.07) is 5.24. The number of ether oxygens (including phenoxy) is 3. The molecule has 3 aliphatic rings. The van der Waals surface area contributed by atoms with E-state index in [1.165, 1.54) is 0 Å². The van der Waals surface area contributed by atoms with Crippen LogP contribution >= 0.6 is 0 Å². The highest BCUT2D eigenvalue weighted by Gasteiger charge is 2.63. The minimum absolute atomic E-state index is 0.0351. The van der Waals surface area contributed by atoms with E-state index in [1.54, 1.807) is 32.4 Å². The van der Waals surface area contributed by atoms with Gasteiger partial charge >= 0.3 is 5.97 Å². The summed E-state index contributed by atoms with van der Waals surface area (Å²) < 4.78 is 15.9. The summed E-state index contributed by atoms with van der Waals surface area (Å²) in [7, 11) is 3.12. The number of methoxy groups -OCH3 is 2. The number of benzene rings is 1. The lowest BCUT2D eigenvalue weighted by Gasteiger charge is -2.24. The van der Waals surface area contributed by atoms with Crippen molar-refractivity contribution in [2.45, 2.75) is 18.9 Å². The molecular formula is C17H19NO5. The van der Waals surface area contributed by atoms with E-state index >= 15 is 0 Å². The van der Waals surface area contributed by atoms with E-state index in [-0.39, 0.29) is 41.7 Å². The second-order valence-electron chi connectivity index (χ2n) is 6.48. The summed E-state index contributed by atoms with van der Waals surface area (Å²) >= 11 is 0. The summed E-state index contributed by atoms with van der Waals surface area (Å²) in [5.41, 5.74) is 0.558. The molecule has 1 heterocycles. The minimum atomic E-state index is -0.304. The third kappa shape index (κ3) is 2.08. The molecule has 1 aromatic rings. The van der Waals surface area contributed by atoms with Crippen molar-refractivity contribution in [3.05, 3.63) is 18.2 Å². The van der Waals surface area contributed by atoms with Crippen LogP contribution in [0.3, 0.4) is 0 Å². The van der Waals surface area contributed by atoms with Gasteiger partial charge in [0.25, 0.3) is 0 Å². The minimum Gasteiger partial charge on any atom is -0.497 e. The van der Waals surface area contributed by atoms with Crippen LogP contribution in [0.15, 0.2) is 18.2 Å². The highest BCUT2D eigenvalue weighted by Crippen LogP contribution is 2.57. The fourth-order valence-electron chi connectivity index (χ4n) is 4.49. The molecule has 1 aromatic carbocycles. The predicted molar refractivity (Wildman–Crippen MR) is 81.2 cm³/mol. The van der Waals surface area contributed by atoms with E-state index in [1.807, 2.05) is 0 Å². The van der Waals surface area contributed by atoms with Crippen LogP contribution < -0.4 is 14.8 Å². The Morgan fingerprint density at radius 1 is 1.26 bits per heavy atom. The number of carbonyl (C=O) groups is 2. The lowest BCUT2D eigenvalue weighted by molar-refractivity contribution is -0.145. The van der Waals surface area contributed by atoms with Gasteiger partial charge in [-0.2, -0.15) is 0 Å². The molecule has 0 aromatic heterocycles. The normalized spacial score (nSPS) is 33.5. The van der Waals surface area contributed by atoms with Gasteiger partial charge in [0.2, 0.25) is 5.91 Å². The summed E-state index contributed by atoms with van der Waals surface area (Å²) in [6.45, 7) is 0. The van der Waals surface area contributed by atoms with Crippen molar-refractivity contribution in [3.63, 3.8) is 0 Å². The van der Waals surface area contributed by atoms with Gasteiger partial charge in [-0.3, -0.25) is 9.59 Å². The van der Waals surface area contributed by atoms with Gasteiger partial charge in [0, 0.05) is 12.0 Å². The highest BCUT2D eigenvalue weighted by molar-refractivity contribution is 5.98. The maximum Gasteiger partial charge on any atom is 0.310 e. The van der Waals surface area contributed by atoms with Gasteiger partial charge in [-0.05, 0) is 30.9 Å². The van der Waals surface area contributed by atoms with Crippen molar-refractivity contribution >= 4 is 17.6 Å². The van der Waals surface area contributed by atoms with Crippen LogP contribution in [-0.2, 0) is 14.3 Å². The molecule has 0 spiro atoms. The first-order chi connectivity index (χ1) is 11.1. The van der Waals surface area contributed by atoms with Crippen LogP contribution in [-0.4, -0.2) is 32.2 Å². The SMILES string of the molecule is COc1ccc(OC)c(NC(=O)[C@@H]2[C@@H]3C[C@@H]4[C@H]2C(=O)O[C@H]4C3)c1. The third-order valence-corrected chi connectivity index (χ3v) is 5.45. The number of nitrogens with one attached hydrogen (secondary N) is 1. The van der Waals surface area contributed by atoms with Crippen molar-refractivity contribution in [3.8, 4) is 11.5 Å². The molecule has 23 heavy (non-hydrogen) atoms. The van der Waals surface area contributed by atoms with E-state index < -0.39 is 0 Å². The molecule has 0 unspecified atom stereocenters. The first kappa shape index (κ1) is 14.4. The quantitative estimate of drug-likeness (QED) is 0.858. The van der Waals surface area contributed by atoms with Gasteiger partial charge in [0.1, 0.15) is 17.6 Å². The zero-order chi connectivity index (χ0) is 16.1. The van der Waals surface area contributed by atoms with E-state index in [0.29, 0.717) is 17.2 Å². The Morgan fingerprint density at radius 2 is 2.09 bits per heavy atom. The number of fused-ring (bicyclic) bond motifs is 1. The third-order valence-electron chi connectivity index (χ3n) is 5.45. The van der Waals surface area contributed by atoms with Gasteiger partial charge in [0.15, 0.2) is 0 Å². The van der Waals surface area contributed by atoms with Crippen LogP contribution in [0.2, 0.25) is 0 Å². The number of esters is 1. The Kier molecular flexibility index (Phi) is 3.21. The zero-order valence-electron chi connectivity index (χ0n) is 13.1. The van der Waals surface area contributed by atoms with Crippen molar-refractivity contribution in [2.75, 3.05) is 19.5 Å². The van der Waals surface area contributed by atoms with Gasteiger partial charge in [-0.15, -0.1) is 0 Å². The first-order valence-electron chi connectivity index (χ1n) is 7.85. The van der Waals surface area contributed by atoms with Gasteiger partial charge in [-0.25, -0.2) is 0 Å². The van der Waals surface area contributed by atoms with Gasteiger partial charge < -0.3 is 19.5 Å². The Bertz CT molecular complexity index is 671. The number of hydrogen-bond donors (Lipinski definition) is 1. The molecule has 6 heteroatoms. The standard InChI is InChI=1S/C17H19NO5/c1-21-9-3-4-12(22-2)11(7-9)18-16(19)14-8-5-10-13(6-8)23-17(20)15(10)14/h3-4,7-8,10,13-15H,5-6H2,1-2H3,(H,18,19)/t8-,10+,13+,14-,15-/m1/s1. The molecule has 4 rings (SSSR count). The Morgan fingerprint density at radius 3 is 2.83 bits per heavy atom. The summed E-state index contributed by atoms with van der Waals surface area (Å²) in [5.74, 6) is 0.721. The smallest absolute Gasteiger partial charge is 0.310 e. The zero-order valence-corrected chi connectivity index (χ0v) is 13.1. The maximum absolute atomic E-state index is 12.8. The van der Waals surface area contributed by atoms with Crippen LogP contribution in [0, 0.1) is 23.7 Å². The molecule has 122 valence electrons. The largest absolute Gasteiger partial charge is 0.497 e. The average Bonchev–Trinajstić information content (AvgIpc) is 3.16. The molecular weight excluding hydrogens is 298 g/mol. The van der Waals surface area contributed by atoms with E-state index in [0.717, 1.165) is 12.8 Å². The first-order valence-corrected chi connectivity index (χ1v) is 7.85. The summed E-state index contributed by atoms with van der Waals surface area (Å²) in [4.78, 5) is 24.8. The summed E-state index contributed by atoms with van der Waals surface area (Å²) in [6.07, 6.45) is 1.75. The lowest BCUT2D eigenvalue weighted by Crippen LogP contribution is -2.35. The number of hydrogen-bond acceptors (Lipinski definition) is 5. The molecule has 6 nitrogen and oxygen atoms in total. The van der Waals surface area contributed by atoms with E-state index in [2.05, 4.69) is 5.32 Å². The van der Waals surface area contributed by atoms with E-state index in [4.69, 9.17) is 14.2 Å². The molecule has 1 N–H and O–H groups in total. The van der Waals surface area contributed by atoms with E-state index in [9.17, 15) is 9.59 Å². The Labute approximate surface area is 134 Å². The fraction of sp³-hybridized carbons (Fsp3) is 0.529. The molecule has 1 aliphatic heterocycles. The van der Waals surface area contributed by atoms with Crippen molar-refractivity contribution in [1.82, 2.24) is 0 Å². The monoisotopic (exact) mass is 317 g/mol. The second-order valence-corrected chi connectivity index (χ2v) is 6.48. The van der Waals surface area contributed by atoms with Gasteiger partial charge in [-0.1, -0.05) is 0 Å². The number of amides is 1. The molecule has 2 aliphatic carbocycles. The molecule has 5 atom stereocenters. The van der Waals surface area contributed by atoms with Crippen molar-refractivity contribution < 1.29 is 23.8 Å². The lowest BCUT2D eigenvalue weighted by atomic mass is 9.79. The van der Waals surface area contributed by atoms with Crippen LogP contribution in [0.25, 0.3) is 0 Å². The number of rotatable bonds is 4. The Balaban J connectivity index is 1.58. The van der Waals surface area contributed by atoms with Crippen molar-refractivity contribution in [2.24, 2.45) is 23.7 Å². The molecule has 2 bridgehead atoms. The topological polar surface area (TPSA) is 73.9 Å². The second kappa shape index (κ2) is 5.15. The molecule has 1 amide bonds. The Hall–Kier alpha value is -2.24. The maximum atomic E-state index is 12.8. The number of carbonyl (C=O) groups excluding carboxylic acids is 2. The summed E-state index contributed by atoms with van der Waals surface area (Å²) in [5, 5.41) is 2.91. The van der Waals surface area contributed by atoms with Crippen molar-refractivity contribution in [1.29, 1.82) is 0 Å². The van der Waals surface area contributed by atoms with Gasteiger partial charge in [0.05, 0.1) is 31.7 Å².